The van der Waals surface area contributed by atoms with Gasteiger partial charge in [0.2, 0.25) is 5.91 Å². The van der Waals surface area contributed by atoms with Crippen molar-refractivity contribution in [3.05, 3.63) is 0 Å². The lowest BCUT2D eigenvalue weighted by Crippen LogP contribution is -2.36. The maximum absolute atomic E-state index is 10.1. The Morgan fingerprint density at radius 3 is 2.33 bits per heavy atom. The van der Waals surface area contributed by atoms with E-state index < -0.39 is 24.0 Å². The number of primary amides is 1. The van der Waals surface area contributed by atoms with Crippen molar-refractivity contribution < 1.29 is 15.0 Å². The molecule has 2 atom stereocenters. The standard InChI is InChI=1S/C4H8ClNO3/c5-3(4(6)9)2(8)1-7/h2-3,7-8H,1H2,(H2,6,9)/t2-,3+/m0/s1. The second kappa shape index (κ2) is 3.66. The molecule has 9 heavy (non-hydrogen) atoms. The summed E-state index contributed by atoms with van der Waals surface area (Å²) in [4.78, 5) is 10.1. The lowest BCUT2D eigenvalue weighted by molar-refractivity contribution is -0.119. The Balaban J connectivity index is 3.72. The fraction of sp³-hybridized carbons (Fsp3) is 0.750. The third-order valence-corrected chi connectivity index (χ3v) is 1.30. The second-order valence-corrected chi connectivity index (χ2v) is 2.02. The van der Waals surface area contributed by atoms with Crippen molar-refractivity contribution in [3.63, 3.8) is 0 Å². The molecule has 4 nitrogen and oxygen atoms in total. The Morgan fingerprint density at radius 1 is 1.78 bits per heavy atom. The molecule has 0 bridgehead atoms. The zero-order chi connectivity index (χ0) is 7.44. The first-order valence-corrected chi connectivity index (χ1v) is 2.75. The van der Waals surface area contributed by atoms with E-state index >= 15 is 0 Å². The number of hydrogen-bond acceptors (Lipinski definition) is 3. The summed E-state index contributed by atoms with van der Waals surface area (Å²) in [7, 11) is 0. The highest BCUT2D eigenvalue weighted by Gasteiger charge is 2.20. The molecule has 0 fully saturated rings. The highest BCUT2D eigenvalue weighted by Crippen LogP contribution is 2.00. The minimum absolute atomic E-state index is 0.558. The van der Waals surface area contributed by atoms with E-state index in [1.165, 1.54) is 0 Å². The van der Waals surface area contributed by atoms with Crippen molar-refractivity contribution in [1.29, 1.82) is 0 Å². The van der Waals surface area contributed by atoms with Crippen molar-refractivity contribution in [2.75, 3.05) is 6.61 Å². The first kappa shape index (κ1) is 8.68. The van der Waals surface area contributed by atoms with Gasteiger partial charge in [-0.25, -0.2) is 0 Å². The number of rotatable bonds is 3. The monoisotopic (exact) mass is 153 g/mol. The number of hydrogen-bond donors (Lipinski definition) is 3. The van der Waals surface area contributed by atoms with Crippen molar-refractivity contribution in [2.45, 2.75) is 11.5 Å². The summed E-state index contributed by atoms with van der Waals surface area (Å²) < 4.78 is 0. The van der Waals surface area contributed by atoms with Crippen LogP contribution in [-0.4, -0.2) is 34.2 Å². The van der Waals surface area contributed by atoms with Crippen molar-refractivity contribution in [3.8, 4) is 0 Å². The van der Waals surface area contributed by atoms with E-state index in [0.717, 1.165) is 0 Å². The van der Waals surface area contributed by atoms with Gasteiger partial charge in [0.25, 0.3) is 0 Å². The number of aliphatic hydroxyl groups excluding tert-OH is 2. The van der Waals surface area contributed by atoms with Crippen LogP contribution in [0.5, 0.6) is 0 Å². The van der Waals surface area contributed by atoms with Crippen LogP contribution < -0.4 is 5.73 Å². The molecule has 0 aliphatic rings. The van der Waals surface area contributed by atoms with E-state index in [-0.39, 0.29) is 0 Å². The molecule has 1 amide bonds. The number of alkyl halides is 1. The quantitative estimate of drug-likeness (QED) is 0.429. The Morgan fingerprint density at radius 2 is 2.22 bits per heavy atom. The Bertz CT molecular complexity index is 108. The van der Waals surface area contributed by atoms with Gasteiger partial charge in [0.15, 0.2) is 0 Å². The van der Waals surface area contributed by atoms with Crippen molar-refractivity contribution >= 4 is 17.5 Å². The number of halogens is 1. The molecule has 0 aromatic rings. The summed E-state index contributed by atoms with van der Waals surface area (Å²) in [5.41, 5.74) is 4.67. The molecule has 0 aromatic heterocycles. The third kappa shape index (κ3) is 2.64. The highest BCUT2D eigenvalue weighted by molar-refractivity contribution is 6.31. The van der Waals surface area contributed by atoms with Gasteiger partial charge in [-0.05, 0) is 0 Å². The number of carbonyl (C=O) groups is 1. The summed E-state index contributed by atoms with van der Waals surface area (Å²) in [6, 6.07) is 0. The molecule has 0 spiro atoms. The largest absolute Gasteiger partial charge is 0.394 e. The second-order valence-electron chi connectivity index (χ2n) is 1.55. The Hall–Kier alpha value is -0.320. The van der Waals surface area contributed by atoms with E-state index in [4.69, 9.17) is 21.8 Å². The van der Waals surface area contributed by atoms with Crippen LogP contribution in [0.15, 0.2) is 0 Å². The fourth-order valence-corrected chi connectivity index (χ4v) is 0.362. The number of nitrogens with two attached hydrogens (primary N) is 1. The zero-order valence-electron chi connectivity index (χ0n) is 4.62. The Kier molecular flexibility index (Phi) is 3.53. The van der Waals surface area contributed by atoms with Gasteiger partial charge in [0.1, 0.15) is 11.5 Å². The molecular weight excluding hydrogens is 146 g/mol. The minimum Gasteiger partial charge on any atom is -0.394 e. The van der Waals surface area contributed by atoms with E-state index in [1.807, 2.05) is 0 Å². The van der Waals surface area contributed by atoms with Crippen LogP contribution in [0.1, 0.15) is 0 Å². The van der Waals surface area contributed by atoms with Crippen LogP contribution in [0.2, 0.25) is 0 Å². The fourth-order valence-electron chi connectivity index (χ4n) is 0.282. The highest BCUT2D eigenvalue weighted by atomic mass is 35.5. The average molecular weight is 154 g/mol. The minimum atomic E-state index is -1.26. The van der Waals surface area contributed by atoms with Crippen molar-refractivity contribution in [2.24, 2.45) is 5.73 Å². The number of aliphatic hydroxyl groups is 2. The molecule has 0 saturated heterocycles. The van der Waals surface area contributed by atoms with E-state index in [9.17, 15) is 4.79 Å². The molecule has 0 heterocycles. The molecular formula is C4H8ClNO3. The predicted molar refractivity (Wildman–Crippen MR) is 31.9 cm³/mol. The third-order valence-electron chi connectivity index (χ3n) is 0.797. The van der Waals surface area contributed by atoms with Crippen molar-refractivity contribution in [1.82, 2.24) is 0 Å². The van der Waals surface area contributed by atoms with Crippen LogP contribution in [0.4, 0.5) is 0 Å². The van der Waals surface area contributed by atoms with Crippen LogP contribution >= 0.6 is 11.6 Å². The van der Waals surface area contributed by atoms with Gasteiger partial charge >= 0.3 is 0 Å². The summed E-state index contributed by atoms with van der Waals surface area (Å²) in [6.45, 7) is -0.558. The molecule has 0 radical (unpaired) electrons. The molecule has 54 valence electrons. The SMILES string of the molecule is NC(=O)[C@H](Cl)[C@@H](O)CO. The van der Waals surface area contributed by atoms with Gasteiger partial charge in [-0.15, -0.1) is 11.6 Å². The Labute approximate surface area is 57.2 Å². The molecule has 0 saturated carbocycles. The van der Waals surface area contributed by atoms with Crippen LogP contribution in [0.3, 0.4) is 0 Å². The van der Waals surface area contributed by atoms with Gasteiger partial charge in [-0.2, -0.15) is 0 Å². The first-order valence-electron chi connectivity index (χ1n) is 2.32. The van der Waals surface area contributed by atoms with Gasteiger partial charge < -0.3 is 15.9 Å². The van der Waals surface area contributed by atoms with E-state index in [2.05, 4.69) is 5.73 Å². The smallest absolute Gasteiger partial charge is 0.238 e. The molecule has 0 rings (SSSR count). The average Bonchev–Trinajstić information content (AvgIpc) is 1.84. The molecule has 0 unspecified atom stereocenters. The summed E-state index contributed by atoms with van der Waals surface area (Å²) >= 11 is 5.18. The normalized spacial score (nSPS) is 16.8. The molecule has 5 heteroatoms. The zero-order valence-corrected chi connectivity index (χ0v) is 5.38. The number of carbonyl (C=O) groups excluding carboxylic acids is 1. The molecule has 0 aromatic carbocycles. The summed E-state index contributed by atoms with van der Waals surface area (Å²) in [6.07, 6.45) is -1.26. The molecule has 0 aliphatic carbocycles. The van der Waals surface area contributed by atoms with Crippen LogP contribution in [0, 0.1) is 0 Å². The van der Waals surface area contributed by atoms with Crippen LogP contribution in [-0.2, 0) is 4.79 Å². The van der Waals surface area contributed by atoms with Gasteiger partial charge in [0, 0.05) is 0 Å². The van der Waals surface area contributed by atoms with Gasteiger partial charge in [-0.3, -0.25) is 4.79 Å². The lowest BCUT2D eigenvalue weighted by atomic mass is 10.2. The molecule has 0 aliphatic heterocycles. The molecule has 4 N–H and O–H groups in total. The maximum Gasteiger partial charge on any atom is 0.238 e. The van der Waals surface area contributed by atoms with Crippen LogP contribution in [0.25, 0.3) is 0 Å². The van der Waals surface area contributed by atoms with Gasteiger partial charge in [-0.1, -0.05) is 0 Å². The van der Waals surface area contributed by atoms with E-state index in [1.54, 1.807) is 0 Å². The topological polar surface area (TPSA) is 83.6 Å². The summed E-state index contributed by atoms with van der Waals surface area (Å²) in [5, 5.41) is 15.6. The van der Waals surface area contributed by atoms with Gasteiger partial charge in [0.05, 0.1) is 6.61 Å². The first-order chi connectivity index (χ1) is 4.09. The van der Waals surface area contributed by atoms with E-state index in [0.29, 0.717) is 0 Å². The summed E-state index contributed by atoms with van der Waals surface area (Å²) in [5.74, 6) is -0.835. The lowest BCUT2D eigenvalue weighted by Gasteiger charge is -2.09. The maximum atomic E-state index is 10.1. The number of amides is 1. The predicted octanol–water partition coefficient (Wildman–Crippen LogP) is -1.57.